The SMILES string of the molecule is COc1ccccc1-c1cccc2c1OSNC2. The number of rotatable bonds is 2. The van der Waals surface area contributed by atoms with Gasteiger partial charge in [-0.2, -0.15) is 0 Å². The average Bonchev–Trinajstić information content (AvgIpc) is 2.46. The first-order valence-corrected chi connectivity index (χ1v) is 6.46. The van der Waals surface area contributed by atoms with E-state index in [4.69, 9.17) is 8.92 Å². The molecule has 0 saturated heterocycles. The van der Waals surface area contributed by atoms with Gasteiger partial charge in [0.1, 0.15) is 18.0 Å². The van der Waals surface area contributed by atoms with Crippen molar-refractivity contribution in [3.8, 4) is 22.6 Å². The summed E-state index contributed by atoms with van der Waals surface area (Å²) in [5.74, 6) is 1.78. The maximum Gasteiger partial charge on any atom is 0.151 e. The summed E-state index contributed by atoms with van der Waals surface area (Å²) >= 11 is 1.27. The molecule has 2 aromatic rings. The third kappa shape index (κ3) is 1.94. The first-order valence-electron chi connectivity index (χ1n) is 5.72. The van der Waals surface area contributed by atoms with Gasteiger partial charge in [-0.15, -0.1) is 0 Å². The van der Waals surface area contributed by atoms with Crippen molar-refractivity contribution in [2.75, 3.05) is 7.11 Å². The molecule has 0 atom stereocenters. The minimum atomic E-state index is 0.809. The van der Waals surface area contributed by atoms with Crippen LogP contribution in [-0.4, -0.2) is 7.11 Å². The van der Waals surface area contributed by atoms with Crippen molar-refractivity contribution in [1.29, 1.82) is 0 Å². The molecular weight excluding hydrogens is 246 g/mol. The molecule has 0 unspecified atom stereocenters. The molecule has 0 saturated carbocycles. The Morgan fingerprint density at radius 3 is 2.83 bits per heavy atom. The number of para-hydroxylation sites is 2. The second-order valence-electron chi connectivity index (χ2n) is 3.98. The van der Waals surface area contributed by atoms with Gasteiger partial charge in [0.2, 0.25) is 0 Å². The van der Waals surface area contributed by atoms with E-state index in [0.717, 1.165) is 34.7 Å². The van der Waals surface area contributed by atoms with Crippen LogP contribution in [0.4, 0.5) is 0 Å². The molecule has 3 nitrogen and oxygen atoms in total. The molecule has 4 heteroatoms. The Morgan fingerprint density at radius 2 is 1.94 bits per heavy atom. The van der Waals surface area contributed by atoms with Crippen LogP contribution in [0.25, 0.3) is 11.1 Å². The molecule has 1 N–H and O–H groups in total. The molecule has 1 aliphatic rings. The molecule has 3 rings (SSSR count). The Morgan fingerprint density at radius 1 is 1.11 bits per heavy atom. The Labute approximate surface area is 110 Å². The Bertz CT molecular complexity index is 571. The fraction of sp³-hybridized carbons (Fsp3) is 0.143. The van der Waals surface area contributed by atoms with Gasteiger partial charge in [-0.25, -0.2) is 4.72 Å². The normalized spacial score (nSPS) is 13.6. The predicted octanol–water partition coefficient (Wildman–Crippen LogP) is 3.41. The number of fused-ring (bicyclic) bond motifs is 1. The van der Waals surface area contributed by atoms with E-state index in [1.807, 2.05) is 30.3 Å². The van der Waals surface area contributed by atoms with Gasteiger partial charge in [-0.05, 0) is 6.07 Å². The first-order chi connectivity index (χ1) is 8.90. The number of ether oxygens (including phenoxy) is 1. The van der Waals surface area contributed by atoms with Crippen LogP contribution < -0.4 is 13.6 Å². The fourth-order valence-electron chi connectivity index (χ4n) is 2.08. The zero-order valence-corrected chi connectivity index (χ0v) is 10.8. The minimum Gasteiger partial charge on any atom is -0.496 e. The number of methoxy groups -OCH3 is 1. The van der Waals surface area contributed by atoms with Gasteiger partial charge in [0.25, 0.3) is 0 Å². The first kappa shape index (κ1) is 11.4. The second-order valence-corrected chi connectivity index (χ2v) is 4.60. The molecule has 0 radical (unpaired) electrons. The van der Waals surface area contributed by atoms with Crippen LogP contribution in [0.3, 0.4) is 0 Å². The van der Waals surface area contributed by atoms with E-state index >= 15 is 0 Å². The lowest BCUT2D eigenvalue weighted by molar-refractivity contribution is 0.416. The van der Waals surface area contributed by atoms with E-state index in [1.54, 1.807) is 7.11 Å². The summed E-state index contributed by atoms with van der Waals surface area (Å²) < 4.78 is 14.2. The number of nitrogens with one attached hydrogen (secondary N) is 1. The van der Waals surface area contributed by atoms with Gasteiger partial charge in [0.05, 0.1) is 7.11 Å². The van der Waals surface area contributed by atoms with E-state index in [-0.39, 0.29) is 0 Å². The summed E-state index contributed by atoms with van der Waals surface area (Å²) in [6.07, 6.45) is 0. The van der Waals surface area contributed by atoms with Gasteiger partial charge in [0.15, 0.2) is 5.75 Å². The molecule has 0 amide bonds. The van der Waals surface area contributed by atoms with Crippen molar-refractivity contribution in [3.05, 3.63) is 48.0 Å². The Balaban J connectivity index is 2.17. The van der Waals surface area contributed by atoms with E-state index in [1.165, 1.54) is 12.2 Å². The molecule has 1 aliphatic heterocycles. The lowest BCUT2D eigenvalue weighted by atomic mass is 10.0. The largest absolute Gasteiger partial charge is 0.496 e. The zero-order chi connectivity index (χ0) is 12.4. The van der Waals surface area contributed by atoms with Crippen molar-refractivity contribution in [2.24, 2.45) is 0 Å². The summed E-state index contributed by atoms with van der Waals surface area (Å²) in [6.45, 7) is 0.809. The van der Waals surface area contributed by atoms with E-state index in [2.05, 4.69) is 16.9 Å². The second kappa shape index (κ2) is 4.92. The zero-order valence-electron chi connectivity index (χ0n) is 9.97. The van der Waals surface area contributed by atoms with Crippen LogP contribution in [0, 0.1) is 0 Å². The highest BCUT2D eigenvalue weighted by molar-refractivity contribution is 7.93. The van der Waals surface area contributed by atoms with Gasteiger partial charge in [-0.1, -0.05) is 36.4 Å². The lowest BCUT2D eigenvalue weighted by Gasteiger charge is -2.20. The molecule has 0 fully saturated rings. The monoisotopic (exact) mass is 259 g/mol. The molecule has 0 spiro atoms. The number of benzene rings is 2. The van der Waals surface area contributed by atoms with Crippen LogP contribution in [0.5, 0.6) is 11.5 Å². The average molecular weight is 259 g/mol. The summed E-state index contributed by atoms with van der Waals surface area (Å²) in [6, 6.07) is 14.2. The van der Waals surface area contributed by atoms with Crippen molar-refractivity contribution in [1.82, 2.24) is 4.72 Å². The molecule has 1 heterocycles. The summed E-state index contributed by atoms with van der Waals surface area (Å²) in [5.41, 5.74) is 3.29. The van der Waals surface area contributed by atoms with Gasteiger partial charge < -0.3 is 8.92 Å². The molecule has 18 heavy (non-hydrogen) atoms. The summed E-state index contributed by atoms with van der Waals surface area (Å²) in [5, 5.41) is 0. The van der Waals surface area contributed by atoms with Crippen LogP contribution in [0.15, 0.2) is 42.5 Å². The number of hydrogen-bond acceptors (Lipinski definition) is 4. The molecular formula is C14H13NO2S. The third-order valence-electron chi connectivity index (χ3n) is 2.94. The maximum atomic E-state index is 5.66. The van der Waals surface area contributed by atoms with Crippen molar-refractivity contribution in [2.45, 2.75) is 6.54 Å². The highest BCUT2D eigenvalue weighted by Gasteiger charge is 2.18. The van der Waals surface area contributed by atoms with E-state index in [9.17, 15) is 0 Å². The summed E-state index contributed by atoms with van der Waals surface area (Å²) in [7, 11) is 1.69. The molecule has 0 bridgehead atoms. The molecule has 2 aromatic carbocycles. The fourth-order valence-corrected chi connectivity index (χ4v) is 2.63. The highest BCUT2D eigenvalue weighted by atomic mass is 32.2. The van der Waals surface area contributed by atoms with E-state index in [0.29, 0.717) is 0 Å². The van der Waals surface area contributed by atoms with Crippen molar-refractivity contribution in [3.63, 3.8) is 0 Å². The van der Waals surface area contributed by atoms with Crippen LogP contribution in [0.1, 0.15) is 5.56 Å². The minimum absolute atomic E-state index is 0.809. The van der Waals surface area contributed by atoms with Crippen molar-refractivity contribution >= 4 is 12.2 Å². The van der Waals surface area contributed by atoms with Crippen LogP contribution in [-0.2, 0) is 6.54 Å². The van der Waals surface area contributed by atoms with Gasteiger partial charge >= 0.3 is 0 Å². The van der Waals surface area contributed by atoms with Crippen LogP contribution >= 0.6 is 12.2 Å². The Hall–Kier alpha value is -1.65. The maximum absolute atomic E-state index is 5.66. The van der Waals surface area contributed by atoms with Gasteiger partial charge in [-0.3, -0.25) is 0 Å². The standard InChI is InChI=1S/C14H13NO2S/c1-16-13-8-3-2-6-11(13)12-7-4-5-10-9-15-18-17-14(10)12/h2-8,15H,9H2,1H3. The van der Waals surface area contributed by atoms with Gasteiger partial charge in [0, 0.05) is 23.2 Å². The third-order valence-corrected chi connectivity index (χ3v) is 3.45. The van der Waals surface area contributed by atoms with E-state index < -0.39 is 0 Å². The quantitative estimate of drug-likeness (QED) is 0.661. The van der Waals surface area contributed by atoms with Crippen LogP contribution in [0.2, 0.25) is 0 Å². The predicted molar refractivity (Wildman–Crippen MR) is 73.5 cm³/mol. The van der Waals surface area contributed by atoms with Crippen molar-refractivity contribution < 1.29 is 8.92 Å². The molecule has 0 aromatic heterocycles. The molecule has 92 valence electrons. The Kier molecular flexibility index (Phi) is 3.13. The number of hydrogen-bond donors (Lipinski definition) is 1. The lowest BCUT2D eigenvalue weighted by Crippen LogP contribution is -2.13. The highest BCUT2D eigenvalue weighted by Crippen LogP contribution is 2.40. The smallest absolute Gasteiger partial charge is 0.151 e. The topological polar surface area (TPSA) is 30.5 Å². The summed E-state index contributed by atoms with van der Waals surface area (Å²) in [4.78, 5) is 0. The molecule has 0 aliphatic carbocycles.